The Morgan fingerprint density at radius 1 is 1.17 bits per heavy atom. The first-order valence-electron chi connectivity index (χ1n) is 10.1. The fraction of sp³-hybridized carbons (Fsp3) is 0.455. The highest BCUT2D eigenvalue weighted by atomic mass is 16.5. The van der Waals surface area contributed by atoms with Gasteiger partial charge in [0.15, 0.2) is 11.6 Å². The number of pyridine rings is 1. The van der Waals surface area contributed by atoms with Crippen LogP contribution in [0.2, 0.25) is 0 Å². The molecule has 1 fully saturated rings. The maximum absolute atomic E-state index is 12.0. The first-order valence-corrected chi connectivity index (χ1v) is 10.1. The molecule has 1 saturated heterocycles. The van der Waals surface area contributed by atoms with Gasteiger partial charge in [-0.3, -0.25) is 4.90 Å². The van der Waals surface area contributed by atoms with E-state index in [1.165, 1.54) is 14.2 Å². The molecule has 8 heteroatoms. The number of aromatic nitrogens is 1. The Balaban J connectivity index is 1.62. The maximum Gasteiger partial charge on any atom is 0.341 e. The molecule has 1 atom stereocenters. The molecule has 162 valence electrons. The van der Waals surface area contributed by atoms with Crippen molar-refractivity contribution in [1.29, 1.82) is 0 Å². The third-order valence-electron chi connectivity index (χ3n) is 5.17. The Labute approximate surface area is 177 Å². The van der Waals surface area contributed by atoms with Crippen molar-refractivity contribution in [1.82, 2.24) is 9.88 Å². The third-order valence-corrected chi connectivity index (χ3v) is 5.17. The zero-order valence-corrected chi connectivity index (χ0v) is 17.7. The van der Waals surface area contributed by atoms with Crippen LogP contribution in [0.1, 0.15) is 28.9 Å². The largest absolute Gasteiger partial charge is 0.496 e. The second-order valence-corrected chi connectivity index (χ2v) is 7.01. The van der Waals surface area contributed by atoms with Crippen LogP contribution in [0.5, 0.6) is 11.5 Å². The minimum atomic E-state index is -0.723. The summed E-state index contributed by atoms with van der Waals surface area (Å²) in [6.07, 6.45) is 1.05. The normalized spacial score (nSPS) is 15.5. The van der Waals surface area contributed by atoms with Gasteiger partial charge in [0.05, 0.1) is 26.9 Å². The highest BCUT2D eigenvalue weighted by Gasteiger charge is 2.24. The lowest BCUT2D eigenvalue weighted by molar-refractivity contribution is 0.0596. The molecule has 0 saturated carbocycles. The summed E-state index contributed by atoms with van der Waals surface area (Å²) < 4.78 is 15.7. The van der Waals surface area contributed by atoms with Gasteiger partial charge in [-0.2, -0.15) is 0 Å². The minimum absolute atomic E-state index is 0.306. The minimum Gasteiger partial charge on any atom is -0.496 e. The summed E-state index contributed by atoms with van der Waals surface area (Å²) >= 11 is 0. The smallest absolute Gasteiger partial charge is 0.341 e. The van der Waals surface area contributed by atoms with Gasteiger partial charge in [-0.1, -0.05) is 6.07 Å². The molecule has 1 aliphatic heterocycles. The number of aliphatic hydroxyl groups is 1. The predicted octanol–water partition coefficient (Wildman–Crippen LogP) is 2.13. The molecule has 0 radical (unpaired) electrons. The summed E-state index contributed by atoms with van der Waals surface area (Å²) in [6, 6.07) is 8.89. The zero-order chi connectivity index (χ0) is 21.5. The monoisotopic (exact) mass is 415 g/mol. The number of ether oxygens (including phenoxy) is 3. The molecule has 1 aromatic heterocycles. The molecule has 1 aliphatic rings. The molecular formula is C22H29N3O5. The Hall–Kier alpha value is -2.84. The molecule has 1 N–H and O–H groups in total. The lowest BCUT2D eigenvalue weighted by Crippen LogP contribution is -2.48. The summed E-state index contributed by atoms with van der Waals surface area (Å²) in [4.78, 5) is 20.9. The van der Waals surface area contributed by atoms with Crippen molar-refractivity contribution >= 4 is 11.8 Å². The van der Waals surface area contributed by atoms with Gasteiger partial charge < -0.3 is 24.2 Å². The van der Waals surface area contributed by atoms with Crippen LogP contribution in [0.4, 0.5) is 5.82 Å². The van der Waals surface area contributed by atoms with Crippen LogP contribution in [0, 0.1) is 0 Å². The number of rotatable bonds is 8. The summed E-state index contributed by atoms with van der Waals surface area (Å²) in [5.74, 6) is 1.58. The maximum atomic E-state index is 12.0. The molecule has 0 amide bonds. The topological polar surface area (TPSA) is 84.4 Å². The Morgan fingerprint density at radius 2 is 1.93 bits per heavy atom. The SMILES string of the molecule is CCOc1cccnc1N1CCN(CC(O)c2ccc(OC)c(C(=O)OC)c2)CC1. The number of methoxy groups -OCH3 is 2. The van der Waals surface area contributed by atoms with E-state index in [0.29, 0.717) is 30.0 Å². The van der Waals surface area contributed by atoms with Gasteiger partial charge in [-0.15, -0.1) is 0 Å². The van der Waals surface area contributed by atoms with Crippen LogP contribution >= 0.6 is 0 Å². The molecule has 2 aromatic rings. The van der Waals surface area contributed by atoms with E-state index in [0.717, 1.165) is 37.7 Å². The number of carbonyl (C=O) groups excluding carboxylic acids is 1. The first kappa shape index (κ1) is 21.9. The molecule has 1 aromatic carbocycles. The van der Waals surface area contributed by atoms with E-state index in [9.17, 15) is 9.90 Å². The third kappa shape index (κ3) is 5.01. The van der Waals surface area contributed by atoms with E-state index in [2.05, 4.69) is 14.8 Å². The van der Waals surface area contributed by atoms with Crippen LogP contribution in [0.3, 0.4) is 0 Å². The molecule has 30 heavy (non-hydrogen) atoms. The van der Waals surface area contributed by atoms with Gasteiger partial charge in [-0.25, -0.2) is 9.78 Å². The summed E-state index contributed by atoms with van der Waals surface area (Å²) in [5.41, 5.74) is 0.960. The standard InChI is InChI=1S/C22H29N3O5/c1-4-30-20-6-5-9-23-21(20)25-12-10-24(11-13-25)15-18(26)16-7-8-19(28-2)17(14-16)22(27)29-3/h5-9,14,18,26H,4,10-13,15H2,1-3H3. The number of aliphatic hydroxyl groups excluding tert-OH is 1. The molecule has 3 rings (SSSR count). The molecule has 1 unspecified atom stereocenters. The van der Waals surface area contributed by atoms with Crippen molar-refractivity contribution in [3.63, 3.8) is 0 Å². The summed E-state index contributed by atoms with van der Waals surface area (Å²) in [7, 11) is 2.82. The molecule has 0 spiro atoms. The van der Waals surface area contributed by atoms with Gasteiger partial charge in [0, 0.05) is 38.9 Å². The molecule has 2 heterocycles. The quantitative estimate of drug-likeness (QED) is 0.657. The van der Waals surface area contributed by atoms with Crippen LogP contribution in [-0.4, -0.2) is 74.5 Å². The van der Waals surface area contributed by atoms with Crippen molar-refractivity contribution in [2.75, 3.05) is 58.5 Å². The van der Waals surface area contributed by atoms with Crippen LogP contribution in [-0.2, 0) is 4.74 Å². The molecule has 8 nitrogen and oxygen atoms in total. The lowest BCUT2D eigenvalue weighted by atomic mass is 10.0. The number of esters is 1. The molecular weight excluding hydrogens is 386 g/mol. The van der Waals surface area contributed by atoms with E-state index >= 15 is 0 Å². The molecule has 0 bridgehead atoms. The van der Waals surface area contributed by atoms with Gasteiger partial charge in [0.25, 0.3) is 0 Å². The van der Waals surface area contributed by atoms with Crippen molar-refractivity contribution in [2.24, 2.45) is 0 Å². The van der Waals surface area contributed by atoms with Gasteiger partial charge in [0.2, 0.25) is 0 Å². The average Bonchev–Trinajstić information content (AvgIpc) is 2.79. The number of anilines is 1. The number of piperazine rings is 1. The van der Waals surface area contributed by atoms with Gasteiger partial charge in [-0.05, 0) is 36.8 Å². The Bertz CT molecular complexity index is 852. The highest BCUT2D eigenvalue weighted by Crippen LogP contribution is 2.27. The predicted molar refractivity (Wildman–Crippen MR) is 113 cm³/mol. The van der Waals surface area contributed by atoms with Crippen molar-refractivity contribution < 1.29 is 24.1 Å². The number of benzene rings is 1. The van der Waals surface area contributed by atoms with Crippen molar-refractivity contribution in [3.8, 4) is 11.5 Å². The summed E-state index contributed by atoms with van der Waals surface area (Å²) in [6.45, 7) is 6.20. The fourth-order valence-corrected chi connectivity index (χ4v) is 3.58. The van der Waals surface area contributed by atoms with Crippen LogP contribution < -0.4 is 14.4 Å². The van der Waals surface area contributed by atoms with Crippen LogP contribution in [0.25, 0.3) is 0 Å². The van der Waals surface area contributed by atoms with Gasteiger partial charge in [0.1, 0.15) is 11.3 Å². The Morgan fingerprint density at radius 3 is 2.60 bits per heavy atom. The van der Waals surface area contributed by atoms with E-state index in [4.69, 9.17) is 14.2 Å². The molecule has 0 aliphatic carbocycles. The number of hydrogen-bond acceptors (Lipinski definition) is 8. The number of nitrogens with zero attached hydrogens (tertiary/aromatic N) is 3. The van der Waals surface area contributed by atoms with E-state index in [1.54, 1.807) is 24.4 Å². The summed E-state index contributed by atoms with van der Waals surface area (Å²) in [5, 5.41) is 10.7. The van der Waals surface area contributed by atoms with Gasteiger partial charge >= 0.3 is 5.97 Å². The van der Waals surface area contributed by atoms with Crippen molar-refractivity contribution in [2.45, 2.75) is 13.0 Å². The lowest BCUT2D eigenvalue weighted by Gasteiger charge is -2.36. The number of β-amino-alcohol motifs (C(OH)–C–C–N with tert-alkyl or cyclic N) is 1. The highest BCUT2D eigenvalue weighted by molar-refractivity contribution is 5.92. The Kier molecular flexibility index (Phi) is 7.48. The van der Waals surface area contributed by atoms with E-state index in [-0.39, 0.29) is 0 Å². The average molecular weight is 415 g/mol. The zero-order valence-electron chi connectivity index (χ0n) is 17.7. The second kappa shape index (κ2) is 10.3. The van der Waals surface area contributed by atoms with Crippen molar-refractivity contribution in [3.05, 3.63) is 47.7 Å². The number of hydrogen-bond donors (Lipinski definition) is 1. The second-order valence-electron chi connectivity index (χ2n) is 7.01. The number of carbonyl (C=O) groups is 1. The fourth-order valence-electron chi connectivity index (χ4n) is 3.58. The van der Waals surface area contributed by atoms with E-state index < -0.39 is 12.1 Å². The van der Waals surface area contributed by atoms with Crippen LogP contribution in [0.15, 0.2) is 36.5 Å². The van der Waals surface area contributed by atoms with E-state index in [1.807, 2.05) is 19.1 Å². The first-order chi connectivity index (χ1) is 14.6.